The summed E-state index contributed by atoms with van der Waals surface area (Å²) in [6, 6.07) is 4.13. The molecule has 3 saturated carbocycles. The molecule has 0 amide bonds. The first-order chi connectivity index (χ1) is 16.6. The molecule has 0 unspecified atom stereocenters. The first kappa shape index (κ1) is 18.5. The molecule has 2 heteroatoms. The Hall–Kier alpha value is -0.920. The summed E-state index contributed by atoms with van der Waals surface area (Å²) < 4.78 is 62.6. The van der Waals surface area contributed by atoms with E-state index in [9.17, 15) is 8.78 Å². The molecule has 3 aliphatic rings. The average Bonchev–Trinajstić information content (AvgIpc) is 2.80. The second-order valence-electron chi connectivity index (χ2n) is 10.7. The standard InChI is InChI=1S/C29H44F2/c1-2-3-21-4-6-22(7-5-21)8-9-23-10-12-24(13-11-23)25-14-16-26(17-15-25)27-18-19-28(30)29(31)20-27/h18-26H,2-17H2,1H3/i12D2,13D2. The van der Waals surface area contributed by atoms with Crippen LogP contribution in [0.2, 0.25) is 0 Å². The normalized spacial score (nSPS) is 39.7. The SMILES string of the molecule is [2H]C1([2H])CC(CCC2CCC(CCC)CC2)CC([2H])([2H])C1C1CCC(c2ccc(F)c(F)c2)CC1. The van der Waals surface area contributed by atoms with Gasteiger partial charge in [-0.15, -0.1) is 0 Å². The van der Waals surface area contributed by atoms with E-state index in [2.05, 4.69) is 6.92 Å². The lowest BCUT2D eigenvalue weighted by molar-refractivity contribution is 0.149. The van der Waals surface area contributed by atoms with Gasteiger partial charge in [0.2, 0.25) is 0 Å². The van der Waals surface area contributed by atoms with Gasteiger partial charge >= 0.3 is 0 Å². The molecule has 1 aromatic rings. The van der Waals surface area contributed by atoms with Gasteiger partial charge in [-0.25, -0.2) is 8.78 Å². The van der Waals surface area contributed by atoms with E-state index in [0.29, 0.717) is 12.8 Å². The van der Waals surface area contributed by atoms with E-state index in [-0.39, 0.29) is 17.8 Å². The third-order valence-electron chi connectivity index (χ3n) is 8.56. The molecule has 0 saturated heterocycles. The zero-order chi connectivity index (χ0) is 25.2. The number of halogens is 2. The summed E-state index contributed by atoms with van der Waals surface area (Å²) in [7, 11) is 0. The van der Waals surface area contributed by atoms with Crippen LogP contribution in [0.25, 0.3) is 0 Å². The predicted octanol–water partition coefficient (Wildman–Crippen LogP) is 9.43. The maximum atomic E-state index is 13.7. The van der Waals surface area contributed by atoms with Crippen LogP contribution in [0.4, 0.5) is 8.78 Å². The lowest BCUT2D eigenvalue weighted by Gasteiger charge is -2.38. The molecule has 3 aliphatic carbocycles. The quantitative estimate of drug-likeness (QED) is 0.401. The molecule has 31 heavy (non-hydrogen) atoms. The number of hydrogen-bond donors (Lipinski definition) is 0. The fourth-order valence-electron chi connectivity index (χ4n) is 6.51. The zero-order valence-corrected chi connectivity index (χ0v) is 19.4. The molecule has 0 nitrogen and oxygen atoms in total. The topological polar surface area (TPSA) is 0 Å². The van der Waals surface area contributed by atoms with Crippen molar-refractivity contribution in [2.75, 3.05) is 0 Å². The van der Waals surface area contributed by atoms with Crippen LogP contribution in [0.3, 0.4) is 0 Å². The maximum absolute atomic E-state index is 13.7. The van der Waals surface area contributed by atoms with Crippen molar-refractivity contribution in [3.05, 3.63) is 35.4 Å². The van der Waals surface area contributed by atoms with Gasteiger partial charge in [0.1, 0.15) is 0 Å². The van der Waals surface area contributed by atoms with E-state index in [1.54, 1.807) is 6.07 Å². The van der Waals surface area contributed by atoms with Crippen LogP contribution in [-0.4, -0.2) is 0 Å². The summed E-state index contributed by atoms with van der Waals surface area (Å²) >= 11 is 0. The van der Waals surface area contributed by atoms with Gasteiger partial charge < -0.3 is 0 Å². The summed E-state index contributed by atoms with van der Waals surface area (Å²) in [4.78, 5) is 0. The molecule has 0 aliphatic heterocycles. The molecular formula is C29H44F2. The fourth-order valence-corrected chi connectivity index (χ4v) is 6.51. The van der Waals surface area contributed by atoms with Crippen molar-refractivity contribution >= 4 is 0 Å². The van der Waals surface area contributed by atoms with E-state index in [0.717, 1.165) is 55.9 Å². The first-order valence-electron chi connectivity index (χ1n) is 15.0. The van der Waals surface area contributed by atoms with Gasteiger partial charge in [0, 0.05) is 5.48 Å². The Balaban J connectivity index is 1.31. The molecule has 0 heterocycles. The van der Waals surface area contributed by atoms with Crippen LogP contribution < -0.4 is 0 Å². The summed E-state index contributed by atoms with van der Waals surface area (Å²) in [5.74, 6) is -0.311. The Kier molecular flexibility index (Phi) is 6.73. The Morgan fingerprint density at radius 2 is 1.29 bits per heavy atom. The van der Waals surface area contributed by atoms with Crippen molar-refractivity contribution in [2.45, 2.75) is 115 Å². The highest BCUT2D eigenvalue weighted by molar-refractivity contribution is 5.22. The summed E-state index contributed by atoms with van der Waals surface area (Å²) in [5.41, 5.74) is 0.806. The van der Waals surface area contributed by atoms with Gasteiger partial charge in [0.25, 0.3) is 0 Å². The molecule has 0 bridgehead atoms. The Bertz CT molecular complexity index is 808. The lowest BCUT2D eigenvalue weighted by Crippen LogP contribution is -2.25. The molecule has 174 valence electrons. The van der Waals surface area contributed by atoms with Crippen LogP contribution >= 0.6 is 0 Å². The maximum Gasteiger partial charge on any atom is 0.159 e. The van der Waals surface area contributed by atoms with Gasteiger partial charge in [0.05, 0.1) is 0 Å². The molecule has 0 aromatic heterocycles. The van der Waals surface area contributed by atoms with Crippen LogP contribution in [0, 0.1) is 41.2 Å². The van der Waals surface area contributed by atoms with Crippen molar-refractivity contribution in [3.8, 4) is 0 Å². The predicted molar refractivity (Wildman–Crippen MR) is 126 cm³/mol. The second-order valence-corrected chi connectivity index (χ2v) is 10.7. The molecule has 0 atom stereocenters. The van der Waals surface area contributed by atoms with E-state index in [4.69, 9.17) is 5.48 Å². The Morgan fingerprint density at radius 3 is 1.87 bits per heavy atom. The molecule has 0 radical (unpaired) electrons. The highest BCUT2D eigenvalue weighted by Crippen LogP contribution is 2.45. The van der Waals surface area contributed by atoms with Gasteiger partial charge in [0.15, 0.2) is 11.6 Å². The molecule has 1 aromatic carbocycles. The van der Waals surface area contributed by atoms with Crippen LogP contribution in [0.15, 0.2) is 18.2 Å². The largest absolute Gasteiger partial charge is 0.204 e. The van der Waals surface area contributed by atoms with Crippen molar-refractivity contribution < 1.29 is 14.3 Å². The third-order valence-corrected chi connectivity index (χ3v) is 8.56. The van der Waals surface area contributed by atoms with Crippen LogP contribution in [0.1, 0.15) is 127 Å². The lowest BCUT2D eigenvalue weighted by atomic mass is 9.67. The third kappa shape index (κ3) is 6.32. The number of benzene rings is 1. The average molecular weight is 435 g/mol. The minimum Gasteiger partial charge on any atom is -0.204 e. The van der Waals surface area contributed by atoms with Gasteiger partial charge in [-0.3, -0.25) is 0 Å². The van der Waals surface area contributed by atoms with Crippen molar-refractivity contribution in [1.82, 2.24) is 0 Å². The second kappa shape index (κ2) is 11.3. The first-order valence-corrected chi connectivity index (χ1v) is 13.0. The van der Waals surface area contributed by atoms with Gasteiger partial charge in [-0.2, -0.15) is 0 Å². The zero-order valence-electron chi connectivity index (χ0n) is 23.4. The molecular weight excluding hydrogens is 386 g/mol. The minimum atomic E-state index is -1.50. The van der Waals surface area contributed by atoms with E-state index < -0.39 is 30.3 Å². The van der Waals surface area contributed by atoms with Crippen molar-refractivity contribution in [2.24, 2.45) is 29.6 Å². The fraction of sp³-hybridized carbons (Fsp3) is 0.793. The van der Waals surface area contributed by atoms with E-state index in [1.165, 1.54) is 50.7 Å². The van der Waals surface area contributed by atoms with Gasteiger partial charge in [-0.1, -0.05) is 77.2 Å². The Labute approximate surface area is 195 Å². The molecule has 4 rings (SSSR count). The van der Waals surface area contributed by atoms with Crippen molar-refractivity contribution in [1.29, 1.82) is 0 Å². The van der Waals surface area contributed by atoms with Gasteiger partial charge in [-0.05, 0) is 91.6 Å². The van der Waals surface area contributed by atoms with Crippen LogP contribution in [0.5, 0.6) is 0 Å². The smallest absolute Gasteiger partial charge is 0.159 e. The summed E-state index contributed by atoms with van der Waals surface area (Å²) in [5, 5.41) is 0. The number of rotatable bonds is 7. The monoisotopic (exact) mass is 434 g/mol. The minimum absolute atomic E-state index is 0.0105. The summed E-state index contributed by atoms with van der Waals surface area (Å²) in [6.07, 6.45) is 11.0. The Morgan fingerprint density at radius 1 is 0.710 bits per heavy atom. The summed E-state index contributed by atoms with van der Waals surface area (Å²) in [6.45, 7) is 2.27. The highest BCUT2D eigenvalue weighted by Gasteiger charge is 2.32. The van der Waals surface area contributed by atoms with Crippen LogP contribution in [-0.2, 0) is 0 Å². The molecule has 0 N–H and O–H groups in total. The van der Waals surface area contributed by atoms with Crippen molar-refractivity contribution in [3.63, 3.8) is 0 Å². The molecule has 0 spiro atoms. The molecule has 3 fully saturated rings. The van der Waals surface area contributed by atoms with E-state index in [1.807, 2.05) is 0 Å². The number of hydrogen-bond acceptors (Lipinski definition) is 0. The highest BCUT2D eigenvalue weighted by atomic mass is 19.2. The van der Waals surface area contributed by atoms with E-state index >= 15 is 0 Å².